The van der Waals surface area contributed by atoms with Gasteiger partial charge in [0.2, 0.25) is 0 Å². The second-order valence-electron chi connectivity index (χ2n) is 7.13. The number of halogens is 2. The van der Waals surface area contributed by atoms with Crippen LogP contribution < -0.4 is 0 Å². The quantitative estimate of drug-likeness (QED) is 0.468. The number of aliphatic hydroxyl groups excluding tert-OH is 1. The molecule has 8 heteroatoms. The van der Waals surface area contributed by atoms with E-state index in [9.17, 15) is 23.5 Å². The summed E-state index contributed by atoms with van der Waals surface area (Å²) in [5.74, 6) is -0.147. The zero-order chi connectivity index (χ0) is 21.6. The molecule has 1 unspecified atom stereocenters. The maximum atomic E-state index is 14.0. The average molecular weight is 425 g/mol. The molecule has 1 saturated heterocycles. The Balaban J connectivity index is 1.98. The van der Waals surface area contributed by atoms with Crippen molar-refractivity contribution in [2.24, 2.45) is 5.92 Å². The van der Waals surface area contributed by atoms with Gasteiger partial charge in [-0.3, -0.25) is 4.79 Å². The number of amides is 1. The van der Waals surface area contributed by atoms with Crippen LogP contribution in [0.3, 0.4) is 0 Å². The summed E-state index contributed by atoms with van der Waals surface area (Å²) in [6, 6.07) is 2.42. The highest BCUT2D eigenvalue weighted by Gasteiger charge is 2.52. The van der Waals surface area contributed by atoms with Crippen molar-refractivity contribution >= 4 is 23.2 Å². The molecule has 2 heterocycles. The van der Waals surface area contributed by atoms with Gasteiger partial charge in [-0.05, 0) is 37.8 Å². The zero-order valence-corrected chi connectivity index (χ0v) is 17.2. The summed E-state index contributed by atoms with van der Waals surface area (Å²) in [5.41, 5.74) is 0. The standard InChI is InChI=1S/C21H25F2NO4S/c1-3-4-6-14(2)17(25)10-8-15-13-21(22,23)20(28)24(15)12-5-7-16-9-11-18(29-16)19(26)27/h8-11,14-15,17,25H,5-7,12-13H2,1-2H3,(H,26,27)/t14-,15?,17+/m0/s1. The minimum absolute atomic E-state index is 0.136. The molecule has 0 bridgehead atoms. The second kappa shape index (κ2) is 9.99. The topological polar surface area (TPSA) is 77.8 Å². The minimum Gasteiger partial charge on any atom is -0.477 e. The Bertz CT molecular complexity index is 824. The molecule has 2 N–H and O–H groups in total. The number of alkyl halides is 2. The Hall–Kier alpha value is -2.24. The van der Waals surface area contributed by atoms with Crippen molar-refractivity contribution < 1.29 is 28.6 Å². The molecular formula is C21H25F2NO4S. The molecule has 0 aliphatic carbocycles. The number of carboxylic acids is 1. The van der Waals surface area contributed by atoms with E-state index in [-0.39, 0.29) is 17.3 Å². The molecule has 1 amide bonds. The third kappa shape index (κ3) is 6.12. The first-order chi connectivity index (χ1) is 13.7. The van der Waals surface area contributed by atoms with Gasteiger partial charge >= 0.3 is 11.9 Å². The highest BCUT2D eigenvalue weighted by molar-refractivity contribution is 7.13. The van der Waals surface area contributed by atoms with Gasteiger partial charge in [-0.15, -0.1) is 23.2 Å². The van der Waals surface area contributed by atoms with Crippen LogP contribution in [0.5, 0.6) is 0 Å². The average Bonchev–Trinajstić information content (AvgIpc) is 3.22. The van der Waals surface area contributed by atoms with Gasteiger partial charge in [-0.1, -0.05) is 19.1 Å². The van der Waals surface area contributed by atoms with E-state index in [4.69, 9.17) is 5.11 Å². The molecule has 0 aromatic carbocycles. The van der Waals surface area contributed by atoms with Crippen molar-refractivity contribution in [2.45, 2.75) is 57.6 Å². The number of aromatic carboxylic acids is 1. The molecule has 29 heavy (non-hydrogen) atoms. The normalized spacial score (nSPS) is 20.5. The molecule has 5 nitrogen and oxygen atoms in total. The minimum atomic E-state index is -3.42. The maximum absolute atomic E-state index is 14.0. The van der Waals surface area contributed by atoms with Gasteiger partial charge in [0.05, 0.1) is 12.1 Å². The van der Waals surface area contributed by atoms with E-state index in [1.54, 1.807) is 13.0 Å². The lowest BCUT2D eigenvalue weighted by atomic mass is 10.00. The maximum Gasteiger partial charge on any atom is 0.345 e. The lowest BCUT2D eigenvalue weighted by molar-refractivity contribution is -0.148. The Morgan fingerprint density at radius 3 is 2.83 bits per heavy atom. The zero-order valence-electron chi connectivity index (χ0n) is 16.4. The number of hydrogen-bond donors (Lipinski definition) is 2. The highest BCUT2D eigenvalue weighted by Crippen LogP contribution is 2.34. The second-order valence-corrected chi connectivity index (χ2v) is 8.30. The van der Waals surface area contributed by atoms with Crippen LogP contribution in [-0.4, -0.2) is 51.6 Å². The van der Waals surface area contributed by atoms with Crippen LogP contribution in [0.4, 0.5) is 8.78 Å². The van der Waals surface area contributed by atoms with Gasteiger partial charge in [0.25, 0.3) is 5.91 Å². The lowest BCUT2D eigenvalue weighted by Crippen LogP contribution is -2.36. The van der Waals surface area contributed by atoms with Crippen LogP contribution >= 0.6 is 11.3 Å². The van der Waals surface area contributed by atoms with Crippen LogP contribution in [-0.2, 0) is 11.2 Å². The molecule has 1 fully saturated rings. The Morgan fingerprint density at radius 1 is 1.48 bits per heavy atom. The number of nitrogens with zero attached hydrogens (tertiary/aromatic N) is 1. The van der Waals surface area contributed by atoms with E-state index in [2.05, 4.69) is 11.8 Å². The number of likely N-dealkylation sites (tertiary alicyclic amines) is 1. The fourth-order valence-electron chi connectivity index (χ4n) is 3.13. The van der Waals surface area contributed by atoms with Crippen molar-refractivity contribution in [2.75, 3.05) is 6.54 Å². The Labute approximate surface area is 173 Å². The molecular weight excluding hydrogens is 400 g/mol. The van der Waals surface area contributed by atoms with E-state index in [0.717, 1.165) is 21.1 Å². The van der Waals surface area contributed by atoms with E-state index in [1.165, 1.54) is 18.2 Å². The molecule has 3 atom stereocenters. The number of thiophene rings is 1. The van der Waals surface area contributed by atoms with Crippen LogP contribution in [0.1, 0.15) is 47.7 Å². The third-order valence-electron chi connectivity index (χ3n) is 4.85. The number of aliphatic hydroxyl groups is 1. The Morgan fingerprint density at radius 2 is 2.21 bits per heavy atom. The monoisotopic (exact) mass is 425 g/mol. The van der Waals surface area contributed by atoms with Crippen LogP contribution in [0.2, 0.25) is 0 Å². The largest absolute Gasteiger partial charge is 0.477 e. The summed E-state index contributed by atoms with van der Waals surface area (Å²) < 4.78 is 27.9. The molecule has 1 aromatic heterocycles. The molecule has 0 radical (unpaired) electrons. The predicted molar refractivity (Wildman–Crippen MR) is 107 cm³/mol. The van der Waals surface area contributed by atoms with E-state index in [1.807, 2.05) is 6.92 Å². The van der Waals surface area contributed by atoms with Crippen molar-refractivity contribution in [1.82, 2.24) is 4.90 Å². The van der Waals surface area contributed by atoms with E-state index >= 15 is 0 Å². The number of hydrogen-bond acceptors (Lipinski definition) is 4. The highest BCUT2D eigenvalue weighted by atomic mass is 32.1. The van der Waals surface area contributed by atoms with Crippen LogP contribution in [0, 0.1) is 17.8 Å². The fraction of sp³-hybridized carbons (Fsp3) is 0.524. The number of aryl methyl sites for hydroxylation is 1. The van der Waals surface area contributed by atoms with Gasteiger partial charge < -0.3 is 15.1 Å². The smallest absolute Gasteiger partial charge is 0.345 e. The summed E-state index contributed by atoms with van der Waals surface area (Å²) >= 11 is 1.14. The summed E-state index contributed by atoms with van der Waals surface area (Å²) in [5, 5.41) is 19.1. The summed E-state index contributed by atoms with van der Waals surface area (Å²) in [4.78, 5) is 25.2. The summed E-state index contributed by atoms with van der Waals surface area (Å²) in [7, 11) is 0. The van der Waals surface area contributed by atoms with E-state index < -0.39 is 36.4 Å². The molecule has 0 spiro atoms. The molecule has 1 aliphatic heterocycles. The number of carboxylic acid groups (broad SMARTS) is 1. The van der Waals surface area contributed by atoms with Crippen molar-refractivity contribution in [3.05, 3.63) is 34.0 Å². The fourth-order valence-corrected chi connectivity index (χ4v) is 4.01. The molecule has 2 rings (SSSR count). The van der Waals surface area contributed by atoms with Crippen molar-refractivity contribution in [1.29, 1.82) is 0 Å². The molecule has 1 aliphatic rings. The Kier molecular flexibility index (Phi) is 7.94. The van der Waals surface area contributed by atoms with Gasteiger partial charge in [-0.25, -0.2) is 4.79 Å². The number of carbonyl (C=O) groups excluding carboxylic acids is 1. The first-order valence-corrected chi connectivity index (χ1v) is 10.2. The predicted octanol–water partition coefficient (Wildman–Crippen LogP) is 3.58. The van der Waals surface area contributed by atoms with E-state index in [0.29, 0.717) is 19.3 Å². The molecule has 1 aromatic rings. The van der Waals surface area contributed by atoms with Gasteiger partial charge in [-0.2, -0.15) is 8.78 Å². The first-order valence-electron chi connectivity index (χ1n) is 9.42. The third-order valence-corrected chi connectivity index (χ3v) is 5.98. The summed E-state index contributed by atoms with van der Waals surface area (Å²) in [6.07, 6.45) is 2.93. The van der Waals surface area contributed by atoms with Crippen molar-refractivity contribution in [3.8, 4) is 11.8 Å². The molecule has 0 saturated carbocycles. The lowest BCUT2D eigenvalue weighted by Gasteiger charge is -2.22. The molecule has 158 valence electrons. The summed E-state index contributed by atoms with van der Waals surface area (Å²) in [6.45, 7) is 3.66. The van der Waals surface area contributed by atoms with Crippen LogP contribution in [0.25, 0.3) is 0 Å². The van der Waals surface area contributed by atoms with Gasteiger partial charge in [0.15, 0.2) is 0 Å². The SMILES string of the molecule is CC#CC[C@H](C)[C@H](O)C=CC1CC(F)(F)C(=O)N1CCCc1ccc(C(=O)O)s1. The number of carbonyl (C=O) groups is 2. The van der Waals surface area contributed by atoms with Gasteiger partial charge in [0, 0.05) is 24.3 Å². The van der Waals surface area contributed by atoms with Gasteiger partial charge in [0.1, 0.15) is 4.88 Å². The van der Waals surface area contributed by atoms with Crippen molar-refractivity contribution in [3.63, 3.8) is 0 Å². The number of rotatable bonds is 9. The van der Waals surface area contributed by atoms with Crippen LogP contribution in [0.15, 0.2) is 24.3 Å². The first kappa shape index (κ1) is 23.0.